The number of methoxy groups -OCH3 is 2. The minimum Gasteiger partial charge on any atom is -0.496 e. The maximum atomic E-state index is 5.62. The second-order valence-electron chi connectivity index (χ2n) is 3.70. The number of benzene rings is 1. The first-order valence-electron chi connectivity index (χ1n) is 5.67. The number of rotatable bonds is 5. The molecule has 0 fully saturated rings. The molecule has 0 aliphatic carbocycles. The van der Waals surface area contributed by atoms with E-state index in [1.807, 2.05) is 0 Å². The van der Waals surface area contributed by atoms with Crippen LogP contribution in [0.1, 0.15) is 5.69 Å². The molecule has 1 aromatic heterocycles. The summed E-state index contributed by atoms with van der Waals surface area (Å²) in [6, 6.07) is 5.23. The van der Waals surface area contributed by atoms with E-state index in [0.29, 0.717) is 35.4 Å². The van der Waals surface area contributed by atoms with Gasteiger partial charge in [-0.3, -0.25) is 4.98 Å². The van der Waals surface area contributed by atoms with Crippen molar-refractivity contribution < 1.29 is 14.2 Å². The summed E-state index contributed by atoms with van der Waals surface area (Å²) in [7, 11) is 3.15. The Kier molecular flexibility index (Phi) is 4.15. The smallest absolute Gasteiger partial charge is 0.238 e. The minimum absolute atomic E-state index is 0.311. The first kappa shape index (κ1) is 13.1. The van der Waals surface area contributed by atoms with Crippen molar-refractivity contribution in [1.29, 1.82) is 0 Å². The van der Waals surface area contributed by atoms with E-state index in [1.54, 1.807) is 38.6 Å². The number of nitrogens with two attached hydrogens (primary N) is 1. The first-order valence-corrected chi connectivity index (χ1v) is 5.67. The summed E-state index contributed by atoms with van der Waals surface area (Å²) in [6.45, 7) is 0.311. The number of hydrogen-bond acceptors (Lipinski definition) is 6. The predicted octanol–water partition coefficient (Wildman–Crippen LogP) is 1.74. The Bertz CT molecular complexity index is 538. The Hall–Kier alpha value is -2.34. The highest BCUT2D eigenvalue weighted by molar-refractivity contribution is 5.43. The van der Waals surface area contributed by atoms with Crippen LogP contribution in [-0.4, -0.2) is 24.2 Å². The van der Waals surface area contributed by atoms with Crippen LogP contribution < -0.4 is 19.9 Å². The molecule has 2 aromatic rings. The third-order valence-corrected chi connectivity index (χ3v) is 2.42. The van der Waals surface area contributed by atoms with Gasteiger partial charge in [0.15, 0.2) is 0 Å². The second-order valence-corrected chi connectivity index (χ2v) is 3.70. The van der Waals surface area contributed by atoms with Gasteiger partial charge < -0.3 is 19.9 Å². The minimum atomic E-state index is 0.311. The van der Waals surface area contributed by atoms with Crippen molar-refractivity contribution in [3.63, 3.8) is 0 Å². The van der Waals surface area contributed by atoms with Gasteiger partial charge in [-0.25, -0.2) is 4.98 Å². The lowest BCUT2D eigenvalue weighted by Gasteiger charge is -2.09. The summed E-state index contributed by atoms with van der Waals surface area (Å²) in [5.74, 6) is 2.20. The molecule has 0 aliphatic rings. The molecule has 0 spiro atoms. The lowest BCUT2D eigenvalue weighted by molar-refractivity contribution is 0.384. The van der Waals surface area contributed by atoms with Crippen LogP contribution in [0.4, 0.5) is 0 Å². The molecular formula is C13H15N3O3. The molecule has 19 heavy (non-hydrogen) atoms. The molecule has 0 unspecified atom stereocenters. The van der Waals surface area contributed by atoms with E-state index in [1.165, 1.54) is 6.20 Å². The molecule has 6 heteroatoms. The maximum absolute atomic E-state index is 5.62. The van der Waals surface area contributed by atoms with Gasteiger partial charge in [0.2, 0.25) is 5.88 Å². The van der Waals surface area contributed by atoms with Crippen LogP contribution in [0.2, 0.25) is 0 Å². The van der Waals surface area contributed by atoms with Crippen LogP contribution in [0.15, 0.2) is 30.6 Å². The molecule has 0 bridgehead atoms. The van der Waals surface area contributed by atoms with E-state index in [-0.39, 0.29) is 0 Å². The molecule has 0 amide bonds. The van der Waals surface area contributed by atoms with Crippen molar-refractivity contribution in [3.05, 3.63) is 36.3 Å². The standard InChI is InChI=1S/C13H15N3O3/c1-17-10-3-11(18-2)5-12(4-10)19-13-8-15-7-9(6-14)16-13/h3-5,7-8H,6,14H2,1-2H3. The van der Waals surface area contributed by atoms with Crippen molar-refractivity contribution >= 4 is 0 Å². The van der Waals surface area contributed by atoms with Crippen molar-refractivity contribution in [2.45, 2.75) is 6.54 Å². The molecule has 2 rings (SSSR count). The normalized spacial score (nSPS) is 10.1. The predicted molar refractivity (Wildman–Crippen MR) is 69.5 cm³/mol. The van der Waals surface area contributed by atoms with E-state index in [9.17, 15) is 0 Å². The molecule has 0 aliphatic heterocycles. The lowest BCUT2D eigenvalue weighted by atomic mass is 10.3. The summed E-state index contributed by atoms with van der Waals surface area (Å²) in [5, 5.41) is 0. The van der Waals surface area contributed by atoms with Gasteiger partial charge in [-0.2, -0.15) is 0 Å². The van der Waals surface area contributed by atoms with E-state index < -0.39 is 0 Å². The van der Waals surface area contributed by atoms with Gasteiger partial charge >= 0.3 is 0 Å². The van der Waals surface area contributed by atoms with Gasteiger partial charge in [-0.1, -0.05) is 0 Å². The molecular weight excluding hydrogens is 246 g/mol. The number of hydrogen-bond donors (Lipinski definition) is 1. The zero-order valence-electron chi connectivity index (χ0n) is 10.8. The van der Waals surface area contributed by atoms with E-state index >= 15 is 0 Å². The van der Waals surface area contributed by atoms with Crippen molar-refractivity contribution in [2.24, 2.45) is 5.73 Å². The molecule has 1 heterocycles. The average molecular weight is 261 g/mol. The average Bonchev–Trinajstić information content (AvgIpc) is 2.47. The highest BCUT2D eigenvalue weighted by Gasteiger charge is 2.05. The number of aromatic nitrogens is 2. The van der Waals surface area contributed by atoms with E-state index in [0.717, 1.165) is 0 Å². The van der Waals surface area contributed by atoms with Gasteiger partial charge in [0.25, 0.3) is 0 Å². The third-order valence-electron chi connectivity index (χ3n) is 2.42. The van der Waals surface area contributed by atoms with Crippen LogP contribution in [0, 0.1) is 0 Å². The largest absolute Gasteiger partial charge is 0.496 e. The van der Waals surface area contributed by atoms with Gasteiger partial charge in [0.1, 0.15) is 17.2 Å². The SMILES string of the molecule is COc1cc(OC)cc(Oc2cncc(CN)n2)c1. The van der Waals surface area contributed by atoms with Gasteiger partial charge in [0.05, 0.1) is 26.1 Å². The Morgan fingerprint density at radius 2 is 1.63 bits per heavy atom. The van der Waals surface area contributed by atoms with Crippen molar-refractivity contribution in [2.75, 3.05) is 14.2 Å². The maximum Gasteiger partial charge on any atom is 0.238 e. The zero-order valence-corrected chi connectivity index (χ0v) is 10.8. The molecule has 2 N–H and O–H groups in total. The Morgan fingerprint density at radius 1 is 1.00 bits per heavy atom. The quantitative estimate of drug-likeness (QED) is 0.883. The van der Waals surface area contributed by atoms with Crippen LogP contribution in [0.3, 0.4) is 0 Å². The van der Waals surface area contributed by atoms with Crippen molar-refractivity contribution in [1.82, 2.24) is 9.97 Å². The van der Waals surface area contributed by atoms with Crippen molar-refractivity contribution in [3.8, 4) is 23.1 Å². The fourth-order valence-corrected chi connectivity index (χ4v) is 1.49. The Labute approximate surface area is 111 Å². The second kappa shape index (κ2) is 6.01. The Balaban J connectivity index is 2.26. The van der Waals surface area contributed by atoms with Gasteiger partial charge in [-0.15, -0.1) is 0 Å². The van der Waals surface area contributed by atoms with E-state index in [2.05, 4.69) is 9.97 Å². The molecule has 6 nitrogen and oxygen atoms in total. The Morgan fingerprint density at radius 3 is 2.21 bits per heavy atom. The first-order chi connectivity index (χ1) is 9.25. The monoisotopic (exact) mass is 261 g/mol. The van der Waals surface area contributed by atoms with Crippen LogP contribution in [-0.2, 0) is 6.54 Å². The molecule has 0 radical (unpaired) electrons. The highest BCUT2D eigenvalue weighted by Crippen LogP contribution is 2.29. The van der Waals surface area contributed by atoms with Gasteiger partial charge in [0, 0.05) is 30.9 Å². The molecule has 1 aromatic carbocycles. The van der Waals surface area contributed by atoms with Crippen LogP contribution in [0.25, 0.3) is 0 Å². The molecule has 100 valence electrons. The zero-order chi connectivity index (χ0) is 13.7. The highest BCUT2D eigenvalue weighted by atomic mass is 16.5. The van der Waals surface area contributed by atoms with Crippen LogP contribution in [0.5, 0.6) is 23.1 Å². The summed E-state index contributed by atoms with van der Waals surface area (Å²) in [4.78, 5) is 8.21. The van der Waals surface area contributed by atoms with E-state index in [4.69, 9.17) is 19.9 Å². The fourth-order valence-electron chi connectivity index (χ4n) is 1.49. The number of ether oxygens (including phenoxy) is 3. The summed E-state index contributed by atoms with van der Waals surface area (Å²) in [5.41, 5.74) is 6.16. The molecule has 0 atom stereocenters. The topological polar surface area (TPSA) is 79.5 Å². The fraction of sp³-hybridized carbons (Fsp3) is 0.231. The summed E-state index contributed by atoms with van der Waals surface area (Å²) >= 11 is 0. The number of nitrogens with zero attached hydrogens (tertiary/aromatic N) is 2. The van der Waals surface area contributed by atoms with Gasteiger partial charge in [-0.05, 0) is 0 Å². The third kappa shape index (κ3) is 3.32. The molecule has 0 saturated carbocycles. The molecule has 0 saturated heterocycles. The van der Waals surface area contributed by atoms with Crippen LogP contribution >= 0.6 is 0 Å². The lowest BCUT2D eigenvalue weighted by Crippen LogP contribution is -2.01. The summed E-state index contributed by atoms with van der Waals surface area (Å²) in [6.07, 6.45) is 3.12. The summed E-state index contributed by atoms with van der Waals surface area (Å²) < 4.78 is 15.9.